The van der Waals surface area contributed by atoms with Gasteiger partial charge in [0.2, 0.25) is 0 Å². The molecular formula is C13H10BrClO2. The normalized spacial score (nSPS) is 10.5. The van der Waals surface area contributed by atoms with Crippen LogP contribution in [0.4, 0.5) is 0 Å². The summed E-state index contributed by atoms with van der Waals surface area (Å²) in [6.45, 7) is 1.81. The molecule has 0 atom stereocenters. The molecule has 2 rings (SSSR count). The summed E-state index contributed by atoms with van der Waals surface area (Å²) in [4.78, 5) is 11.5. The third kappa shape index (κ3) is 2.61. The molecule has 1 aromatic heterocycles. The summed E-state index contributed by atoms with van der Waals surface area (Å²) in [5.41, 5.74) is 0.840. The van der Waals surface area contributed by atoms with E-state index in [1.807, 2.05) is 6.07 Å². The van der Waals surface area contributed by atoms with E-state index >= 15 is 0 Å². The van der Waals surface area contributed by atoms with Crippen LogP contribution in [0.2, 0.25) is 5.02 Å². The summed E-state index contributed by atoms with van der Waals surface area (Å²) >= 11 is 9.36. The number of halogens is 2. The minimum absolute atomic E-state index is 0.00518. The van der Waals surface area contributed by atoms with Gasteiger partial charge in [0.25, 0.3) is 0 Å². The number of rotatable bonds is 3. The molecule has 88 valence electrons. The molecule has 0 unspecified atom stereocenters. The van der Waals surface area contributed by atoms with Crippen molar-refractivity contribution in [1.29, 1.82) is 0 Å². The van der Waals surface area contributed by atoms with Crippen LogP contribution in [-0.4, -0.2) is 5.78 Å². The van der Waals surface area contributed by atoms with E-state index in [2.05, 4.69) is 15.9 Å². The molecule has 4 heteroatoms. The van der Waals surface area contributed by atoms with E-state index < -0.39 is 0 Å². The quantitative estimate of drug-likeness (QED) is 0.750. The molecule has 2 aromatic rings. The molecule has 2 nitrogen and oxygen atoms in total. The first kappa shape index (κ1) is 12.4. The first-order valence-corrected chi connectivity index (χ1v) is 6.37. The second-order valence-electron chi connectivity index (χ2n) is 3.56. The van der Waals surface area contributed by atoms with Crippen molar-refractivity contribution in [2.24, 2.45) is 0 Å². The summed E-state index contributed by atoms with van der Waals surface area (Å²) in [5, 5.41) is 0.628. The lowest BCUT2D eigenvalue weighted by Gasteiger charge is -2.01. The Kier molecular flexibility index (Phi) is 3.69. The molecule has 0 spiro atoms. The van der Waals surface area contributed by atoms with Gasteiger partial charge in [0.05, 0.1) is 0 Å². The zero-order valence-electron chi connectivity index (χ0n) is 9.17. The predicted molar refractivity (Wildman–Crippen MR) is 71.5 cm³/mol. The molecule has 17 heavy (non-hydrogen) atoms. The molecule has 0 fully saturated rings. The molecular weight excluding hydrogens is 303 g/mol. The number of hydrogen-bond donors (Lipinski definition) is 0. The molecule has 0 aliphatic rings. The topological polar surface area (TPSA) is 30.2 Å². The summed E-state index contributed by atoms with van der Waals surface area (Å²) in [5.74, 6) is 1.01. The van der Waals surface area contributed by atoms with E-state index in [9.17, 15) is 4.79 Å². The second kappa shape index (κ2) is 5.07. The Balaban J connectivity index is 2.43. The van der Waals surface area contributed by atoms with Crippen molar-refractivity contribution < 1.29 is 9.21 Å². The maximum absolute atomic E-state index is 11.5. The number of benzene rings is 1. The van der Waals surface area contributed by atoms with Crippen LogP contribution in [0.25, 0.3) is 11.3 Å². The van der Waals surface area contributed by atoms with Crippen molar-refractivity contribution in [3.05, 3.63) is 45.6 Å². The Morgan fingerprint density at radius 3 is 2.82 bits per heavy atom. The van der Waals surface area contributed by atoms with E-state index in [-0.39, 0.29) is 5.78 Å². The van der Waals surface area contributed by atoms with E-state index in [0.29, 0.717) is 23.0 Å². The van der Waals surface area contributed by atoms with Crippen molar-refractivity contribution in [1.82, 2.24) is 0 Å². The van der Waals surface area contributed by atoms with Gasteiger partial charge in [-0.2, -0.15) is 0 Å². The molecule has 0 bridgehead atoms. The minimum atomic E-state index is -0.00518. The van der Waals surface area contributed by atoms with Gasteiger partial charge in [-0.15, -0.1) is 0 Å². The second-order valence-corrected chi connectivity index (χ2v) is 4.86. The summed E-state index contributed by atoms with van der Waals surface area (Å²) in [7, 11) is 0. The maximum atomic E-state index is 11.5. The highest BCUT2D eigenvalue weighted by Gasteiger charge is 2.12. The zero-order chi connectivity index (χ0) is 12.4. The molecule has 1 aromatic carbocycles. The van der Waals surface area contributed by atoms with Crippen LogP contribution in [0.15, 0.2) is 39.2 Å². The van der Waals surface area contributed by atoms with Gasteiger partial charge in [-0.25, -0.2) is 0 Å². The fourth-order valence-electron chi connectivity index (χ4n) is 1.49. The van der Waals surface area contributed by atoms with Crippen molar-refractivity contribution in [3.63, 3.8) is 0 Å². The Morgan fingerprint density at radius 2 is 2.12 bits per heavy atom. The molecule has 0 amide bonds. The fraction of sp³-hybridized carbons (Fsp3) is 0.154. The average Bonchev–Trinajstić information content (AvgIpc) is 2.80. The SMILES string of the molecule is CCC(=O)c1ccc(-c2cc(Cl)ccc2Br)o1. The van der Waals surface area contributed by atoms with Gasteiger partial charge in [0.1, 0.15) is 5.76 Å². The average molecular weight is 314 g/mol. The molecule has 0 saturated carbocycles. The standard InChI is InChI=1S/C13H10BrClO2/c1-2-11(16)13-6-5-12(17-13)9-7-8(15)3-4-10(9)14/h3-7H,2H2,1H3. The van der Waals surface area contributed by atoms with Crippen molar-refractivity contribution in [3.8, 4) is 11.3 Å². The molecule has 0 aliphatic heterocycles. The van der Waals surface area contributed by atoms with E-state index in [1.54, 1.807) is 31.2 Å². The lowest BCUT2D eigenvalue weighted by molar-refractivity contribution is 0.0962. The fourth-order valence-corrected chi connectivity index (χ4v) is 2.11. The highest BCUT2D eigenvalue weighted by Crippen LogP contribution is 2.32. The van der Waals surface area contributed by atoms with Crippen LogP contribution >= 0.6 is 27.5 Å². The Labute approximate surface area is 113 Å². The lowest BCUT2D eigenvalue weighted by Crippen LogP contribution is -1.92. The molecule has 0 saturated heterocycles. The Bertz CT molecular complexity index is 560. The van der Waals surface area contributed by atoms with Crippen LogP contribution < -0.4 is 0 Å². The Hall–Kier alpha value is -1.06. The summed E-state index contributed by atoms with van der Waals surface area (Å²) < 4.78 is 6.40. The predicted octanol–water partition coefficient (Wildman–Crippen LogP) is 4.96. The smallest absolute Gasteiger partial charge is 0.197 e. The van der Waals surface area contributed by atoms with Crippen LogP contribution in [0, 0.1) is 0 Å². The molecule has 0 N–H and O–H groups in total. The number of carbonyl (C=O) groups is 1. The van der Waals surface area contributed by atoms with Crippen LogP contribution in [0.3, 0.4) is 0 Å². The maximum Gasteiger partial charge on any atom is 0.197 e. The first-order chi connectivity index (χ1) is 8.11. The van der Waals surface area contributed by atoms with E-state index in [0.717, 1.165) is 10.0 Å². The monoisotopic (exact) mass is 312 g/mol. The number of Topliss-reactive ketones (excluding diaryl/α,β-unsaturated/α-hetero) is 1. The third-order valence-corrected chi connectivity index (χ3v) is 3.32. The van der Waals surface area contributed by atoms with Crippen molar-refractivity contribution >= 4 is 33.3 Å². The number of furan rings is 1. The van der Waals surface area contributed by atoms with Gasteiger partial charge >= 0.3 is 0 Å². The number of hydrogen-bond acceptors (Lipinski definition) is 2. The lowest BCUT2D eigenvalue weighted by atomic mass is 10.2. The summed E-state index contributed by atoms with van der Waals surface area (Å²) in [6.07, 6.45) is 0.434. The van der Waals surface area contributed by atoms with Crippen LogP contribution in [0.5, 0.6) is 0 Å². The van der Waals surface area contributed by atoms with Crippen molar-refractivity contribution in [2.45, 2.75) is 13.3 Å². The van der Waals surface area contributed by atoms with E-state index in [4.69, 9.17) is 16.0 Å². The minimum Gasteiger partial charge on any atom is -0.453 e. The van der Waals surface area contributed by atoms with Crippen molar-refractivity contribution in [2.75, 3.05) is 0 Å². The molecule has 0 radical (unpaired) electrons. The Morgan fingerprint density at radius 1 is 1.35 bits per heavy atom. The number of carbonyl (C=O) groups excluding carboxylic acids is 1. The van der Waals surface area contributed by atoms with E-state index in [1.165, 1.54) is 0 Å². The highest BCUT2D eigenvalue weighted by atomic mass is 79.9. The first-order valence-electron chi connectivity index (χ1n) is 5.20. The third-order valence-electron chi connectivity index (χ3n) is 2.40. The zero-order valence-corrected chi connectivity index (χ0v) is 11.5. The summed E-state index contributed by atoms with van der Waals surface area (Å²) in [6, 6.07) is 8.90. The highest BCUT2D eigenvalue weighted by molar-refractivity contribution is 9.10. The van der Waals surface area contributed by atoms with Crippen LogP contribution in [-0.2, 0) is 0 Å². The van der Waals surface area contributed by atoms with Gasteiger partial charge in [-0.1, -0.05) is 34.5 Å². The number of ketones is 1. The molecule has 0 aliphatic carbocycles. The van der Waals surface area contributed by atoms with Gasteiger partial charge < -0.3 is 4.42 Å². The van der Waals surface area contributed by atoms with Gasteiger partial charge in [0, 0.05) is 21.5 Å². The van der Waals surface area contributed by atoms with Gasteiger partial charge in [0.15, 0.2) is 11.5 Å². The molecule has 1 heterocycles. The van der Waals surface area contributed by atoms with Gasteiger partial charge in [-0.3, -0.25) is 4.79 Å². The van der Waals surface area contributed by atoms with Crippen LogP contribution in [0.1, 0.15) is 23.9 Å². The van der Waals surface area contributed by atoms with Gasteiger partial charge in [-0.05, 0) is 30.3 Å². The largest absolute Gasteiger partial charge is 0.453 e.